The predicted molar refractivity (Wildman–Crippen MR) is 55.3 cm³/mol. The zero-order chi connectivity index (χ0) is 10.3. The van der Waals surface area contributed by atoms with Crippen molar-refractivity contribution in [2.24, 2.45) is 11.7 Å². The number of carbonyl (C=O) groups is 1. The quantitative estimate of drug-likeness (QED) is 0.800. The van der Waals surface area contributed by atoms with Crippen LogP contribution >= 0.6 is 11.3 Å². The summed E-state index contributed by atoms with van der Waals surface area (Å²) in [5, 5.41) is 9.19. The van der Waals surface area contributed by atoms with Crippen LogP contribution in [0.15, 0.2) is 12.1 Å². The molecule has 1 heterocycles. The second-order valence-electron chi connectivity index (χ2n) is 3.86. The molecule has 0 spiro atoms. The molecule has 0 aliphatic heterocycles. The number of carboxylic acid groups (broad SMARTS) is 1. The van der Waals surface area contributed by atoms with Gasteiger partial charge in [0.05, 0.1) is 0 Å². The van der Waals surface area contributed by atoms with Crippen molar-refractivity contribution in [3.05, 3.63) is 21.9 Å². The van der Waals surface area contributed by atoms with E-state index < -0.39 is 11.5 Å². The molecule has 1 unspecified atom stereocenters. The second-order valence-corrected chi connectivity index (χ2v) is 5.15. The first-order chi connectivity index (χ1) is 6.55. The zero-order valence-corrected chi connectivity index (χ0v) is 8.80. The number of aliphatic carboxylic acids is 1. The van der Waals surface area contributed by atoms with Crippen molar-refractivity contribution in [2.45, 2.75) is 25.3 Å². The lowest BCUT2D eigenvalue weighted by atomic mass is 9.93. The number of aryl methyl sites for hydroxylation is 1. The minimum Gasteiger partial charge on any atom is -0.480 e. The van der Waals surface area contributed by atoms with E-state index in [1.165, 1.54) is 11.3 Å². The monoisotopic (exact) mass is 211 g/mol. The molecule has 14 heavy (non-hydrogen) atoms. The topological polar surface area (TPSA) is 63.3 Å². The van der Waals surface area contributed by atoms with Crippen LogP contribution in [0.2, 0.25) is 0 Å². The number of nitrogens with two attached hydrogens (primary N) is 1. The maximum Gasteiger partial charge on any atom is 0.329 e. The molecule has 0 bridgehead atoms. The van der Waals surface area contributed by atoms with E-state index in [9.17, 15) is 9.90 Å². The number of hydrogen-bond donors (Lipinski definition) is 2. The number of hydrogen-bond acceptors (Lipinski definition) is 3. The average Bonchev–Trinajstić information content (AvgIpc) is 2.88. The standard InChI is InChI=1S/C10H13NO2S/c1-6-2-5-8(14-6)10(11,9(12)13)7-3-4-7/h2,5,7H,3-4,11H2,1H3,(H,12,13). The van der Waals surface area contributed by atoms with Crippen molar-refractivity contribution in [2.75, 3.05) is 0 Å². The Labute approximate surface area is 86.6 Å². The predicted octanol–water partition coefficient (Wildman–Crippen LogP) is 1.71. The van der Waals surface area contributed by atoms with E-state index in [2.05, 4.69) is 0 Å². The van der Waals surface area contributed by atoms with Crippen molar-refractivity contribution >= 4 is 17.3 Å². The first-order valence-corrected chi connectivity index (χ1v) is 5.46. The lowest BCUT2D eigenvalue weighted by molar-refractivity contribution is -0.144. The van der Waals surface area contributed by atoms with Crippen molar-refractivity contribution in [3.8, 4) is 0 Å². The smallest absolute Gasteiger partial charge is 0.329 e. The highest BCUT2D eigenvalue weighted by Crippen LogP contribution is 2.46. The van der Waals surface area contributed by atoms with Crippen LogP contribution in [0.3, 0.4) is 0 Å². The van der Waals surface area contributed by atoms with Gasteiger partial charge in [-0.3, -0.25) is 0 Å². The summed E-state index contributed by atoms with van der Waals surface area (Å²) in [6.07, 6.45) is 1.86. The maximum absolute atomic E-state index is 11.2. The Morgan fingerprint density at radius 1 is 1.64 bits per heavy atom. The van der Waals surface area contributed by atoms with E-state index in [0.29, 0.717) is 0 Å². The second kappa shape index (κ2) is 3.07. The summed E-state index contributed by atoms with van der Waals surface area (Å²) in [6.45, 7) is 1.96. The van der Waals surface area contributed by atoms with Gasteiger partial charge in [0.25, 0.3) is 0 Å². The Hall–Kier alpha value is -0.870. The van der Waals surface area contributed by atoms with Crippen LogP contribution in [-0.4, -0.2) is 11.1 Å². The zero-order valence-electron chi connectivity index (χ0n) is 7.99. The van der Waals surface area contributed by atoms with Gasteiger partial charge >= 0.3 is 5.97 Å². The van der Waals surface area contributed by atoms with E-state index in [1.807, 2.05) is 19.1 Å². The van der Waals surface area contributed by atoms with E-state index in [-0.39, 0.29) is 5.92 Å². The molecule has 1 saturated carbocycles. The van der Waals surface area contributed by atoms with Gasteiger partial charge < -0.3 is 10.8 Å². The van der Waals surface area contributed by atoms with E-state index in [0.717, 1.165) is 22.6 Å². The SMILES string of the molecule is Cc1ccc(C(N)(C(=O)O)C2CC2)s1. The molecule has 3 N–H and O–H groups in total. The van der Waals surface area contributed by atoms with Crippen LogP contribution in [0, 0.1) is 12.8 Å². The summed E-state index contributed by atoms with van der Waals surface area (Å²) in [5.41, 5.74) is 4.85. The average molecular weight is 211 g/mol. The largest absolute Gasteiger partial charge is 0.480 e. The molecule has 0 aromatic carbocycles. The van der Waals surface area contributed by atoms with Crippen LogP contribution in [0.25, 0.3) is 0 Å². The minimum atomic E-state index is -1.14. The number of rotatable bonds is 3. The highest BCUT2D eigenvalue weighted by molar-refractivity contribution is 7.12. The first-order valence-electron chi connectivity index (χ1n) is 4.64. The molecular formula is C10H13NO2S. The molecule has 0 amide bonds. The van der Waals surface area contributed by atoms with Gasteiger partial charge in [0.1, 0.15) is 0 Å². The van der Waals surface area contributed by atoms with Gasteiger partial charge in [0.2, 0.25) is 0 Å². The Kier molecular flexibility index (Phi) is 2.12. The third-order valence-electron chi connectivity index (χ3n) is 2.72. The van der Waals surface area contributed by atoms with Crippen molar-refractivity contribution in [3.63, 3.8) is 0 Å². The lowest BCUT2D eigenvalue weighted by Crippen LogP contribution is -2.46. The van der Waals surface area contributed by atoms with Gasteiger partial charge in [-0.2, -0.15) is 0 Å². The molecule has 1 atom stereocenters. The van der Waals surface area contributed by atoms with E-state index >= 15 is 0 Å². The highest BCUT2D eigenvalue weighted by atomic mass is 32.1. The van der Waals surface area contributed by atoms with Gasteiger partial charge in [-0.05, 0) is 37.8 Å². The first kappa shape index (κ1) is 9.68. The van der Waals surface area contributed by atoms with Gasteiger partial charge in [-0.1, -0.05) is 0 Å². The molecule has 1 aliphatic carbocycles. The highest BCUT2D eigenvalue weighted by Gasteiger charge is 2.50. The fourth-order valence-electron chi connectivity index (χ4n) is 1.68. The summed E-state index contributed by atoms with van der Waals surface area (Å²) in [6, 6.07) is 3.76. The summed E-state index contributed by atoms with van der Waals surface area (Å²) in [4.78, 5) is 13.1. The maximum atomic E-state index is 11.2. The van der Waals surface area contributed by atoms with Crippen molar-refractivity contribution < 1.29 is 9.90 Å². The molecule has 0 saturated heterocycles. The minimum absolute atomic E-state index is 0.123. The summed E-state index contributed by atoms with van der Waals surface area (Å²) in [7, 11) is 0. The summed E-state index contributed by atoms with van der Waals surface area (Å²) >= 11 is 1.49. The summed E-state index contributed by atoms with van der Waals surface area (Å²) < 4.78 is 0. The Balaban J connectivity index is 2.40. The molecule has 2 rings (SSSR count). The van der Waals surface area contributed by atoms with Crippen LogP contribution < -0.4 is 5.73 Å². The van der Waals surface area contributed by atoms with Crippen LogP contribution in [0.5, 0.6) is 0 Å². The van der Waals surface area contributed by atoms with Gasteiger partial charge in [0, 0.05) is 9.75 Å². The molecule has 1 fully saturated rings. The van der Waals surface area contributed by atoms with E-state index in [1.54, 1.807) is 0 Å². The van der Waals surface area contributed by atoms with Crippen LogP contribution in [0.4, 0.5) is 0 Å². The third kappa shape index (κ3) is 1.35. The number of carboxylic acids is 1. The fraction of sp³-hybridized carbons (Fsp3) is 0.500. The molecule has 0 radical (unpaired) electrons. The molecule has 76 valence electrons. The molecule has 3 nitrogen and oxygen atoms in total. The third-order valence-corrected chi connectivity index (χ3v) is 3.88. The van der Waals surface area contributed by atoms with Gasteiger partial charge in [0.15, 0.2) is 5.54 Å². The van der Waals surface area contributed by atoms with Crippen LogP contribution in [0.1, 0.15) is 22.6 Å². The van der Waals surface area contributed by atoms with Crippen LogP contribution in [-0.2, 0) is 10.3 Å². The molecule has 1 aliphatic rings. The Morgan fingerprint density at radius 3 is 2.64 bits per heavy atom. The lowest BCUT2D eigenvalue weighted by Gasteiger charge is -2.22. The Morgan fingerprint density at radius 2 is 2.29 bits per heavy atom. The molecular weight excluding hydrogens is 198 g/mol. The number of thiophene rings is 1. The Bertz CT molecular complexity index is 370. The summed E-state index contributed by atoms with van der Waals surface area (Å²) in [5.74, 6) is -0.778. The molecule has 1 aromatic heterocycles. The van der Waals surface area contributed by atoms with Crippen molar-refractivity contribution in [1.29, 1.82) is 0 Å². The van der Waals surface area contributed by atoms with Gasteiger partial charge in [-0.15, -0.1) is 11.3 Å². The van der Waals surface area contributed by atoms with Crippen molar-refractivity contribution in [1.82, 2.24) is 0 Å². The fourth-order valence-corrected chi connectivity index (χ4v) is 2.72. The molecule has 4 heteroatoms. The van der Waals surface area contributed by atoms with Gasteiger partial charge in [-0.25, -0.2) is 4.79 Å². The molecule has 1 aromatic rings. The normalized spacial score (nSPS) is 20.4. The van der Waals surface area contributed by atoms with E-state index in [4.69, 9.17) is 5.73 Å².